The van der Waals surface area contributed by atoms with Crippen LogP contribution < -0.4 is 0 Å². The van der Waals surface area contributed by atoms with Crippen LogP contribution in [0.5, 0.6) is 0 Å². The Kier molecular flexibility index (Phi) is 45.7. The summed E-state index contributed by atoms with van der Waals surface area (Å²) in [6.07, 6.45) is 55.2. The molecule has 0 aliphatic carbocycles. The highest BCUT2D eigenvalue weighted by molar-refractivity contribution is 5.72. The lowest BCUT2D eigenvalue weighted by Crippen LogP contribution is -2.50. The van der Waals surface area contributed by atoms with Crippen molar-refractivity contribution in [2.24, 2.45) is 0 Å². The molecule has 2 unspecified atom stereocenters. The Morgan fingerprint density at radius 1 is 0.469 bits per heavy atom. The van der Waals surface area contributed by atoms with Gasteiger partial charge in [-0.3, -0.25) is 9.59 Å². The fourth-order valence-corrected chi connectivity index (χ4v) is 8.36. The number of aliphatic carboxylic acids is 1. The van der Waals surface area contributed by atoms with Crippen molar-refractivity contribution >= 4 is 17.9 Å². The lowest BCUT2D eigenvalue weighted by atomic mass is 10.0. The van der Waals surface area contributed by atoms with Crippen LogP contribution in [0, 0.1) is 0 Å². The first kappa shape index (κ1) is 61.8. The topological polar surface area (TPSA) is 99.1 Å². The van der Waals surface area contributed by atoms with Gasteiger partial charge in [0, 0.05) is 19.3 Å². The van der Waals surface area contributed by atoms with Gasteiger partial charge < -0.3 is 23.8 Å². The minimum absolute atomic E-state index is 0.0490. The van der Waals surface area contributed by atoms with E-state index < -0.39 is 18.1 Å². The third-order valence-corrected chi connectivity index (χ3v) is 12.6. The summed E-state index contributed by atoms with van der Waals surface area (Å²) >= 11 is 0. The molecular weight excluding hydrogens is 799 g/mol. The SMILES string of the molecule is CCCCCCCCCC/C=C/C/C=C/CCCCCCCCCC(=O)OC(COCCC(C(=O)O)[N+](C)(C)C)COC(=O)CCCCCCCCCCCCCCCCCCCC. The average molecular weight is 905 g/mol. The van der Waals surface area contributed by atoms with Gasteiger partial charge >= 0.3 is 17.9 Å². The molecule has 0 aromatic heterocycles. The Morgan fingerprint density at radius 3 is 1.20 bits per heavy atom. The largest absolute Gasteiger partial charge is 0.477 e. The van der Waals surface area contributed by atoms with E-state index in [4.69, 9.17) is 14.2 Å². The van der Waals surface area contributed by atoms with Crippen molar-refractivity contribution in [1.82, 2.24) is 0 Å². The van der Waals surface area contributed by atoms with E-state index in [9.17, 15) is 19.5 Å². The van der Waals surface area contributed by atoms with Gasteiger partial charge in [0.1, 0.15) is 6.61 Å². The number of ether oxygens (including phenoxy) is 3. The smallest absolute Gasteiger partial charge is 0.362 e. The third kappa shape index (κ3) is 45.0. The number of rotatable bonds is 50. The molecule has 0 heterocycles. The molecule has 8 heteroatoms. The summed E-state index contributed by atoms with van der Waals surface area (Å²) in [6.45, 7) is 4.78. The van der Waals surface area contributed by atoms with Gasteiger partial charge in [0.25, 0.3) is 0 Å². The Balaban J connectivity index is 4.20. The Hall–Kier alpha value is -2.19. The summed E-state index contributed by atoms with van der Waals surface area (Å²) in [5.41, 5.74) is 0. The van der Waals surface area contributed by atoms with E-state index in [-0.39, 0.29) is 36.2 Å². The van der Waals surface area contributed by atoms with Crippen LogP contribution in [0.25, 0.3) is 0 Å². The summed E-state index contributed by atoms with van der Waals surface area (Å²) < 4.78 is 17.4. The first-order valence-electron chi connectivity index (χ1n) is 27.4. The fraction of sp³-hybridized carbons (Fsp3) is 0.875. The molecule has 0 radical (unpaired) electrons. The average Bonchev–Trinajstić information content (AvgIpc) is 3.26. The van der Waals surface area contributed by atoms with Gasteiger partial charge in [-0.25, -0.2) is 4.79 Å². The van der Waals surface area contributed by atoms with Crippen LogP contribution in [-0.2, 0) is 28.6 Å². The molecule has 0 aromatic carbocycles. The number of carboxylic acid groups (broad SMARTS) is 1. The van der Waals surface area contributed by atoms with Crippen molar-refractivity contribution in [1.29, 1.82) is 0 Å². The molecule has 0 aromatic rings. The predicted molar refractivity (Wildman–Crippen MR) is 271 cm³/mol. The molecular formula is C56H106NO7+. The first-order valence-corrected chi connectivity index (χ1v) is 27.4. The number of carbonyl (C=O) groups excluding carboxylic acids is 2. The molecule has 0 saturated carbocycles. The molecule has 8 nitrogen and oxygen atoms in total. The number of quaternary nitrogens is 1. The number of allylic oxidation sites excluding steroid dienone is 4. The summed E-state index contributed by atoms with van der Waals surface area (Å²) in [6, 6.07) is -0.614. The Bertz CT molecular complexity index is 1100. The number of hydrogen-bond donors (Lipinski definition) is 1. The van der Waals surface area contributed by atoms with E-state index in [0.717, 1.165) is 51.4 Å². The number of carbonyl (C=O) groups is 3. The van der Waals surface area contributed by atoms with Gasteiger partial charge in [-0.15, -0.1) is 0 Å². The van der Waals surface area contributed by atoms with E-state index in [1.54, 1.807) is 0 Å². The Labute approximate surface area is 396 Å². The maximum atomic E-state index is 12.8. The van der Waals surface area contributed by atoms with E-state index >= 15 is 0 Å². The highest BCUT2D eigenvalue weighted by Crippen LogP contribution is 2.17. The van der Waals surface area contributed by atoms with Crippen LogP contribution >= 0.6 is 0 Å². The quantitative estimate of drug-likeness (QED) is 0.0281. The molecule has 0 aliphatic rings. The van der Waals surface area contributed by atoms with Crippen molar-refractivity contribution in [3.63, 3.8) is 0 Å². The van der Waals surface area contributed by atoms with E-state index in [2.05, 4.69) is 38.2 Å². The molecule has 0 amide bonds. The van der Waals surface area contributed by atoms with Gasteiger partial charge in [0.15, 0.2) is 12.1 Å². The van der Waals surface area contributed by atoms with Gasteiger partial charge in [-0.05, 0) is 44.9 Å². The minimum atomic E-state index is -0.872. The summed E-state index contributed by atoms with van der Waals surface area (Å²) in [5, 5.41) is 9.66. The molecule has 0 spiro atoms. The van der Waals surface area contributed by atoms with Crippen LogP contribution in [0.4, 0.5) is 0 Å². The van der Waals surface area contributed by atoms with E-state index in [1.165, 1.54) is 180 Å². The molecule has 1 N–H and O–H groups in total. The highest BCUT2D eigenvalue weighted by Gasteiger charge is 2.31. The molecule has 0 saturated heterocycles. The molecule has 64 heavy (non-hydrogen) atoms. The van der Waals surface area contributed by atoms with Gasteiger partial charge in [-0.2, -0.15) is 0 Å². The number of esters is 2. The monoisotopic (exact) mass is 905 g/mol. The zero-order valence-corrected chi connectivity index (χ0v) is 43.0. The second kappa shape index (κ2) is 47.3. The number of nitrogens with zero attached hydrogens (tertiary/aromatic N) is 1. The summed E-state index contributed by atoms with van der Waals surface area (Å²) in [7, 11) is 5.54. The summed E-state index contributed by atoms with van der Waals surface area (Å²) in [4.78, 5) is 37.2. The maximum Gasteiger partial charge on any atom is 0.362 e. The molecule has 0 fully saturated rings. The molecule has 0 bridgehead atoms. The third-order valence-electron chi connectivity index (χ3n) is 12.6. The first-order chi connectivity index (χ1) is 31.1. The lowest BCUT2D eigenvalue weighted by molar-refractivity contribution is -0.887. The van der Waals surface area contributed by atoms with Gasteiger partial charge in [0.2, 0.25) is 0 Å². The fourth-order valence-electron chi connectivity index (χ4n) is 8.36. The maximum absolute atomic E-state index is 12.8. The second-order valence-electron chi connectivity index (χ2n) is 19.8. The van der Waals surface area contributed by atoms with Gasteiger partial charge in [0.05, 0.1) is 34.4 Å². The highest BCUT2D eigenvalue weighted by atomic mass is 16.6. The van der Waals surface area contributed by atoms with Crippen LogP contribution in [0.3, 0.4) is 0 Å². The van der Waals surface area contributed by atoms with Crippen molar-refractivity contribution in [3.8, 4) is 0 Å². The zero-order chi connectivity index (χ0) is 47.0. The van der Waals surface area contributed by atoms with Crippen molar-refractivity contribution in [3.05, 3.63) is 24.3 Å². The van der Waals surface area contributed by atoms with Crippen LogP contribution in [0.1, 0.15) is 264 Å². The molecule has 0 aliphatic heterocycles. The van der Waals surface area contributed by atoms with Crippen molar-refractivity contribution in [2.75, 3.05) is 41.0 Å². The number of hydrogen-bond acceptors (Lipinski definition) is 6. The number of unbranched alkanes of at least 4 members (excludes halogenated alkanes) is 32. The van der Waals surface area contributed by atoms with Crippen molar-refractivity contribution < 1.29 is 38.2 Å². The normalized spacial score (nSPS) is 13.0. The Morgan fingerprint density at radius 2 is 0.828 bits per heavy atom. The standard InChI is InChI=1S/C56H105NO7/c1-6-8-10-12-14-16-18-20-22-24-26-27-28-29-31-33-35-37-39-41-43-45-47-55(59)64-52(50-62-49-48-53(56(60)61)57(3,4)5)51-63-54(58)46-44-42-40-38-36-34-32-30-25-23-21-19-17-15-13-11-9-7-2/h24,26,28-29,52-53H,6-23,25,27,30-51H2,1-5H3/p+1/b26-24+,29-28+. The lowest BCUT2D eigenvalue weighted by Gasteiger charge is -2.31. The van der Waals surface area contributed by atoms with Gasteiger partial charge in [-0.1, -0.05) is 224 Å². The van der Waals surface area contributed by atoms with Crippen LogP contribution in [0.2, 0.25) is 0 Å². The number of likely N-dealkylation sites (N-methyl/N-ethyl adjacent to an activating group) is 1. The van der Waals surface area contributed by atoms with Crippen LogP contribution in [-0.4, -0.2) is 80.6 Å². The number of carboxylic acids is 1. The molecule has 0 rings (SSSR count). The second-order valence-corrected chi connectivity index (χ2v) is 19.8. The van der Waals surface area contributed by atoms with Crippen LogP contribution in [0.15, 0.2) is 24.3 Å². The molecule has 376 valence electrons. The predicted octanol–water partition coefficient (Wildman–Crippen LogP) is 16.0. The van der Waals surface area contributed by atoms with E-state index in [1.807, 2.05) is 21.1 Å². The minimum Gasteiger partial charge on any atom is -0.477 e. The van der Waals surface area contributed by atoms with Crippen molar-refractivity contribution in [2.45, 2.75) is 276 Å². The zero-order valence-electron chi connectivity index (χ0n) is 43.0. The van der Waals surface area contributed by atoms with E-state index in [0.29, 0.717) is 19.3 Å². The summed E-state index contributed by atoms with van der Waals surface area (Å²) in [5.74, 6) is -1.46. The molecule has 2 atom stereocenters.